The first kappa shape index (κ1) is 16.0. The normalized spacial score (nSPS) is 19.0. The number of pyridine rings is 2. The predicted octanol–water partition coefficient (Wildman–Crippen LogP) is 1.95. The lowest BCUT2D eigenvalue weighted by atomic mass is 9.79. The third kappa shape index (κ3) is 3.09. The van der Waals surface area contributed by atoms with Gasteiger partial charge < -0.3 is 15.0 Å². The Morgan fingerprint density at radius 3 is 2.39 bits per heavy atom. The maximum absolute atomic E-state index is 6.08. The van der Waals surface area contributed by atoms with Crippen molar-refractivity contribution >= 4 is 18.4 Å². The van der Waals surface area contributed by atoms with Gasteiger partial charge in [0, 0.05) is 30.0 Å². The molecule has 1 fully saturated rings. The number of nitrogen functional groups attached to an aromatic ring is 1. The fourth-order valence-corrected chi connectivity index (χ4v) is 2.49. The number of hydrogen-bond acceptors (Lipinski definition) is 5. The second-order valence-corrected chi connectivity index (χ2v) is 6.90. The Bertz CT molecular complexity index is 688. The van der Waals surface area contributed by atoms with Gasteiger partial charge in [0.25, 0.3) is 0 Å². The Hall–Kier alpha value is -1.92. The van der Waals surface area contributed by atoms with Crippen molar-refractivity contribution in [1.82, 2.24) is 9.97 Å². The molecule has 2 N–H and O–H groups in total. The van der Waals surface area contributed by atoms with E-state index in [-0.39, 0.29) is 11.2 Å². The SMILES string of the molecule is CC1(C)OB(c2cnc(N)c(Cc3ccccn3)c2)OC1(C)C. The van der Waals surface area contributed by atoms with Gasteiger partial charge >= 0.3 is 7.12 Å². The molecule has 0 aliphatic carbocycles. The van der Waals surface area contributed by atoms with Gasteiger partial charge in [-0.25, -0.2) is 4.98 Å². The molecule has 1 saturated heterocycles. The standard InChI is InChI=1S/C17H22BN3O2/c1-16(2)17(3,4)23-18(22-16)13-9-12(15(19)21-11-13)10-14-7-5-6-8-20-14/h5-9,11H,10H2,1-4H3,(H2,19,21). The average Bonchev–Trinajstić information content (AvgIpc) is 2.71. The maximum atomic E-state index is 6.08. The molecule has 5 nitrogen and oxygen atoms in total. The van der Waals surface area contributed by atoms with E-state index < -0.39 is 7.12 Å². The summed E-state index contributed by atoms with van der Waals surface area (Å²) < 4.78 is 12.2. The van der Waals surface area contributed by atoms with Crippen molar-refractivity contribution in [3.63, 3.8) is 0 Å². The number of nitrogens with two attached hydrogens (primary N) is 1. The Morgan fingerprint density at radius 1 is 1.09 bits per heavy atom. The molecule has 3 heterocycles. The lowest BCUT2D eigenvalue weighted by Crippen LogP contribution is -2.41. The summed E-state index contributed by atoms with van der Waals surface area (Å²) in [6, 6.07) is 7.83. The molecule has 0 spiro atoms. The van der Waals surface area contributed by atoms with Crippen LogP contribution >= 0.6 is 0 Å². The molecule has 0 bridgehead atoms. The van der Waals surface area contributed by atoms with Crippen molar-refractivity contribution in [3.8, 4) is 0 Å². The second kappa shape index (κ2) is 5.62. The summed E-state index contributed by atoms with van der Waals surface area (Å²) in [5.41, 5.74) is 8.03. The zero-order valence-corrected chi connectivity index (χ0v) is 14.0. The Balaban J connectivity index is 1.87. The molecule has 1 aliphatic rings. The van der Waals surface area contributed by atoms with Crippen molar-refractivity contribution in [2.45, 2.75) is 45.3 Å². The van der Waals surface area contributed by atoms with E-state index in [1.54, 1.807) is 12.4 Å². The van der Waals surface area contributed by atoms with Crippen LogP contribution in [0.1, 0.15) is 39.0 Å². The van der Waals surface area contributed by atoms with Crippen LogP contribution in [0.4, 0.5) is 5.82 Å². The monoisotopic (exact) mass is 311 g/mol. The molecule has 2 aromatic heterocycles. The highest BCUT2D eigenvalue weighted by atomic mass is 16.7. The smallest absolute Gasteiger partial charge is 0.399 e. The van der Waals surface area contributed by atoms with Crippen LogP contribution in [0.25, 0.3) is 0 Å². The van der Waals surface area contributed by atoms with Crippen LogP contribution in [0.2, 0.25) is 0 Å². The zero-order chi connectivity index (χ0) is 16.7. The van der Waals surface area contributed by atoms with E-state index in [4.69, 9.17) is 15.0 Å². The first-order valence-electron chi connectivity index (χ1n) is 7.78. The van der Waals surface area contributed by atoms with Crippen molar-refractivity contribution in [2.75, 3.05) is 5.73 Å². The minimum Gasteiger partial charge on any atom is -0.399 e. The number of nitrogens with zero attached hydrogens (tertiary/aromatic N) is 2. The maximum Gasteiger partial charge on any atom is 0.496 e. The molecule has 0 saturated carbocycles. The average molecular weight is 311 g/mol. The van der Waals surface area contributed by atoms with Crippen LogP contribution in [0.5, 0.6) is 0 Å². The highest BCUT2D eigenvalue weighted by molar-refractivity contribution is 6.62. The van der Waals surface area contributed by atoms with E-state index in [1.807, 2.05) is 52.0 Å². The van der Waals surface area contributed by atoms with Gasteiger partial charge in [0.15, 0.2) is 0 Å². The molecule has 6 heteroatoms. The topological polar surface area (TPSA) is 70.3 Å². The summed E-state index contributed by atoms with van der Waals surface area (Å²) in [5.74, 6) is 0.510. The number of aromatic nitrogens is 2. The molecule has 2 aromatic rings. The highest BCUT2D eigenvalue weighted by Gasteiger charge is 2.51. The first-order chi connectivity index (χ1) is 10.8. The Kier molecular flexibility index (Phi) is 3.90. The van der Waals surface area contributed by atoms with Crippen LogP contribution in [0.3, 0.4) is 0 Å². The van der Waals surface area contributed by atoms with E-state index in [9.17, 15) is 0 Å². The minimum atomic E-state index is -0.435. The number of hydrogen-bond donors (Lipinski definition) is 1. The van der Waals surface area contributed by atoms with Gasteiger partial charge in [0.05, 0.1) is 11.2 Å². The van der Waals surface area contributed by atoms with Gasteiger partial charge in [-0.2, -0.15) is 0 Å². The summed E-state index contributed by atoms with van der Waals surface area (Å²) in [5, 5.41) is 0. The van der Waals surface area contributed by atoms with E-state index >= 15 is 0 Å². The summed E-state index contributed by atoms with van der Waals surface area (Å²) in [6.07, 6.45) is 4.13. The van der Waals surface area contributed by atoms with Crippen LogP contribution in [-0.2, 0) is 15.7 Å². The van der Waals surface area contributed by atoms with Gasteiger partial charge in [-0.15, -0.1) is 0 Å². The van der Waals surface area contributed by atoms with E-state index in [1.165, 1.54) is 0 Å². The van der Waals surface area contributed by atoms with Crippen LogP contribution in [0, 0.1) is 0 Å². The number of anilines is 1. The van der Waals surface area contributed by atoms with Crippen molar-refractivity contribution in [2.24, 2.45) is 0 Å². The Labute approximate surface area is 137 Å². The molecule has 1 aliphatic heterocycles. The molecular formula is C17H22BN3O2. The molecule has 0 unspecified atom stereocenters. The van der Waals surface area contributed by atoms with Crippen LogP contribution in [-0.4, -0.2) is 28.3 Å². The Morgan fingerprint density at radius 2 is 1.78 bits per heavy atom. The molecular weight excluding hydrogens is 289 g/mol. The third-order valence-corrected chi connectivity index (χ3v) is 4.65. The van der Waals surface area contributed by atoms with Crippen molar-refractivity contribution < 1.29 is 9.31 Å². The molecule has 0 amide bonds. The van der Waals surface area contributed by atoms with Gasteiger partial charge in [0.1, 0.15) is 5.82 Å². The minimum absolute atomic E-state index is 0.375. The largest absolute Gasteiger partial charge is 0.496 e. The quantitative estimate of drug-likeness (QED) is 0.877. The highest BCUT2D eigenvalue weighted by Crippen LogP contribution is 2.36. The molecule has 0 radical (unpaired) electrons. The fraction of sp³-hybridized carbons (Fsp3) is 0.412. The molecule has 3 rings (SSSR count). The lowest BCUT2D eigenvalue weighted by Gasteiger charge is -2.32. The fourth-order valence-electron chi connectivity index (χ4n) is 2.49. The van der Waals surface area contributed by atoms with Gasteiger partial charge in [-0.3, -0.25) is 4.98 Å². The van der Waals surface area contributed by atoms with Crippen molar-refractivity contribution in [1.29, 1.82) is 0 Å². The van der Waals surface area contributed by atoms with E-state index in [0.29, 0.717) is 12.2 Å². The molecule has 23 heavy (non-hydrogen) atoms. The van der Waals surface area contributed by atoms with Gasteiger partial charge in [-0.1, -0.05) is 12.1 Å². The molecule has 0 aromatic carbocycles. The van der Waals surface area contributed by atoms with Gasteiger partial charge in [-0.05, 0) is 45.4 Å². The zero-order valence-electron chi connectivity index (χ0n) is 14.0. The van der Waals surface area contributed by atoms with Crippen molar-refractivity contribution in [3.05, 3.63) is 47.9 Å². The van der Waals surface area contributed by atoms with Crippen LogP contribution in [0.15, 0.2) is 36.7 Å². The third-order valence-electron chi connectivity index (χ3n) is 4.65. The van der Waals surface area contributed by atoms with Gasteiger partial charge in [0.2, 0.25) is 0 Å². The summed E-state index contributed by atoms with van der Waals surface area (Å²) in [7, 11) is -0.435. The second-order valence-electron chi connectivity index (χ2n) is 6.90. The summed E-state index contributed by atoms with van der Waals surface area (Å²) >= 11 is 0. The first-order valence-corrected chi connectivity index (χ1v) is 7.78. The molecule has 0 atom stereocenters. The van der Waals surface area contributed by atoms with E-state index in [2.05, 4.69) is 9.97 Å². The summed E-state index contributed by atoms with van der Waals surface area (Å²) in [4.78, 5) is 8.65. The van der Waals surface area contributed by atoms with E-state index in [0.717, 1.165) is 16.7 Å². The summed E-state index contributed by atoms with van der Waals surface area (Å²) in [6.45, 7) is 8.14. The lowest BCUT2D eigenvalue weighted by molar-refractivity contribution is 0.00578. The predicted molar refractivity (Wildman–Crippen MR) is 91.4 cm³/mol. The number of rotatable bonds is 3. The van der Waals surface area contributed by atoms with Crippen LogP contribution < -0.4 is 11.2 Å². The molecule has 120 valence electrons.